The minimum absolute atomic E-state index is 0.217. The van der Waals surface area contributed by atoms with Crippen molar-refractivity contribution in [2.45, 2.75) is 56.7 Å². The second kappa shape index (κ2) is 6.20. The topological polar surface area (TPSA) is 67.6 Å². The normalized spacial score (nSPS) is 35.1. The van der Waals surface area contributed by atoms with Gasteiger partial charge in [0, 0.05) is 19.2 Å². The summed E-state index contributed by atoms with van der Waals surface area (Å²) >= 11 is 0. The van der Waals surface area contributed by atoms with Crippen LogP contribution in [0, 0.1) is 0 Å². The van der Waals surface area contributed by atoms with E-state index >= 15 is 0 Å². The molecule has 5 nitrogen and oxygen atoms in total. The number of carbonyl (C=O) groups excluding carboxylic acids is 1. The van der Waals surface area contributed by atoms with Gasteiger partial charge in [-0.3, -0.25) is 9.69 Å². The Labute approximate surface area is 115 Å². The van der Waals surface area contributed by atoms with E-state index in [-0.39, 0.29) is 5.91 Å². The van der Waals surface area contributed by atoms with E-state index in [2.05, 4.69) is 17.1 Å². The molecule has 0 radical (unpaired) electrons. The highest BCUT2D eigenvalue weighted by molar-refractivity contribution is 5.85. The molecule has 2 fully saturated rings. The lowest BCUT2D eigenvalue weighted by Crippen LogP contribution is -2.53. The van der Waals surface area contributed by atoms with Crippen molar-refractivity contribution in [2.75, 3.05) is 26.7 Å². The molecule has 1 aliphatic heterocycles. The molecule has 1 saturated heterocycles. The van der Waals surface area contributed by atoms with Crippen LogP contribution in [0.4, 0.5) is 0 Å². The third-order valence-electron chi connectivity index (χ3n) is 4.82. The average Bonchev–Trinajstić information content (AvgIpc) is 3.05. The number of nitrogens with one attached hydrogen (secondary N) is 1. The van der Waals surface area contributed by atoms with Crippen molar-refractivity contribution in [3.05, 3.63) is 0 Å². The van der Waals surface area contributed by atoms with Gasteiger partial charge in [-0.1, -0.05) is 6.92 Å². The fourth-order valence-electron chi connectivity index (χ4n) is 3.49. The van der Waals surface area contributed by atoms with E-state index < -0.39 is 5.54 Å². The van der Waals surface area contributed by atoms with Crippen LogP contribution in [0.25, 0.3) is 0 Å². The van der Waals surface area contributed by atoms with Gasteiger partial charge in [-0.25, -0.2) is 0 Å². The number of amides is 1. The number of nitrogens with two attached hydrogens (primary N) is 1. The van der Waals surface area contributed by atoms with Gasteiger partial charge in [0.2, 0.25) is 5.91 Å². The molecule has 0 bridgehead atoms. The van der Waals surface area contributed by atoms with Crippen molar-refractivity contribution >= 4 is 5.91 Å². The number of nitrogens with zero attached hydrogens (tertiary/aromatic N) is 1. The van der Waals surface area contributed by atoms with Crippen LogP contribution in [0.3, 0.4) is 0 Å². The van der Waals surface area contributed by atoms with E-state index in [1.54, 1.807) is 0 Å². The van der Waals surface area contributed by atoms with Crippen molar-refractivity contribution in [3.8, 4) is 0 Å². The molecule has 1 aliphatic carbocycles. The number of hydrogen-bond donors (Lipinski definition) is 2. The Bertz CT molecular complexity index is 318. The third-order valence-corrected chi connectivity index (χ3v) is 4.82. The SMILES string of the molecule is CCN(CC1CCCO1)C1CCC(NC)(C(N)=O)C1. The highest BCUT2D eigenvalue weighted by Gasteiger charge is 2.44. The summed E-state index contributed by atoms with van der Waals surface area (Å²) in [6.45, 7) is 5.07. The highest BCUT2D eigenvalue weighted by atomic mass is 16.5. The van der Waals surface area contributed by atoms with Gasteiger partial charge in [-0.05, 0) is 45.7 Å². The fraction of sp³-hybridized carbons (Fsp3) is 0.929. The van der Waals surface area contributed by atoms with Crippen LogP contribution in [0.15, 0.2) is 0 Å². The number of primary amides is 1. The highest BCUT2D eigenvalue weighted by Crippen LogP contribution is 2.33. The Morgan fingerprint density at radius 2 is 2.32 bits per heavy atom. The Morgan fingerprint density at radius 3 is 2.79 bits per heavy atom. The quantitative estimate of drug-likeness (QED) is 0.736. The number of carbonyl (C=O) groups is 1. The minimum Gasteiger partial charge on any atom is -0.377 e. The molecule has 3 atom stereocenters. The van der Waals surface area contributed by atoms with Crippen molar-refractivity contribution in [1.29, 1.82) is 0 Å². The second-order valence-electron chi connectivity index (χ2n) is 5.82. The standard InChI is InChI=1S/C14H27N3O2/c1-3-17(10-12-5-4-8-19-12)11-6-7-14(9-11,16-2)13(15)18/h11-12,16H,3-10H2,1-2H3,(H2,15,18). The van der Waals surface area contributed by atoms with Gasteiger partial charge in [-0.15, -0.1) is 0 Å². The van der Waals surface area contributed by atoms with Crippen LogP contribution in [-0.2, 0) is 9.53 Å². The van der Waals surface area contributed by atoms with E-state index in [4.69, 9.17) is 10.5 Å². The average molecular weight is 269 g/mol. The van der Waals surface area contributed by atoms with Crippen LogP contribution < -0.4 is 11.1 Å². The number of rotatable bonds is 6. The molecule has 2 rings (SSSR count). The van der Waals surface area contributed by atoms with Gasteiger partial charge in [0.05, 0.1) is 11.6 Å². The van der Waals surface area contributed by atoms with Crippen LogP contribution in [-0.4, -0.2) is 55.2 Å². The van der Waals surface area contributed by atoms with Crippen molar-refractivity contribution < 1.29 is 9.53 Å². The predicted octanol–water partition coefficient (Wildman–Crippen LogP) is 0.483. The van der Waals surface area contributed by atoms with E-state index in [0.717, 1.165) is 45.4 Å². The van der Waals surface area contributed by atoms with Crippen molar-refractivity contribution in [1.82, 2.24) is 10.2 Å². The van der Waals surface area contributed by atoms with Crippen LogP contribution in [0.1, 0.15) is 39.0 Å². The van der Waals surface area contributed by atoms with Gasteiger partial charge in [0.15, 0.2) is 0 Å². The summed E-state index contributed by atoms with van der Waals surface area (Å²) in [5, 5.41) is 3.15. The second-order valence-corrected chi connectivity index (χ2v) is 5.82. The molecule has 19 heavy (non-hydrogen) atoms. The molecule has 0 aromatic heterocycles. The Hall–Kier alpha value is -0.650. The summed E-state index contributed by atoms with van der Waals surface area (Å²) < 4.78 is 5.72. The predicted molar refractivity (Wildman–Crippen MR) is 74.8 cm³/mol. The van der Waals surface area contributed by atoms with Gasteiger partial charge in [0.25, 0.3) is 0 Å². The van der Waals surface area contributed by atoms with E-state index in [1.807, 2.05) is 7.05 Å². The molecule has 3 N–H and O–H groups in total. The fourth-order valence-corrected chi connectivity index (χ4v) is 3.49. The van der Waals surface area contributed by atoms with Crippen LogP contribution in [0.5, 0.6) is 0 Å². The van der Waals surface area contributed by atoms with E-state index in [1.165, 1.54) is 6.42 Å². The number of likely N-dealkylation sites (N-methyl/N-ethyl adjacent to an activating group) is 2. The molecule has 0 aromatic carbocycles. The maximum atomic E-state index is 11.7. The summed E-state index contributed by atoms with van der Waals surface area (Å²) in [5.41, 5.74) is 5.06. The van der Waals surface area contributed by atoms with Crippen LogP contribution >= 0.6 is 0 Å². The summed E-state index contributed by atoms with van der Waals surface area (Å²) in [6.07, 6.45) is 5.40. The number of hydrogen-bond acceptors (Lipinski definition) is 4. The lowest BCUT2D eigenvalue weighted by atomic mass is 9.96. The first kappa shape index (κ1) is 14.8. The lowest BCUT2D eigenvalue weighted by Gasteiger charge is -2.31. The minimum atomic E-state index is -0.505. The molecular weight excluding hydrogens is 242 g/mol. The molecule has 3 unspecified atom stereocenters. The van der Waals surface area contributed by atoms with Gasteiger partial charge in [-0.2, -0.15) is 0 Å². The molecule has 5 heteroatoms. The number of ether oxygens (including phenoxy) is 1. The van der Waals surface area contributed by atoms with Gasteiger partial charge >= 0.3 is 0 Å². The van der Waals surface area contributed by atoms with Gasteiger partial charge < -0.3 is 15.8 Å². The summed E-state index contributed by atoms with van der Waals surface area (Å²) in [7, 11) is 1.84. The largest absolute Gasteiger partial charge is 0.377 e. The zero-order valence-electron chi connectivity index (χ0n) is 12.2. The third kappa shape index (κ3) is 3.09. The van der Waals surface area contributed by atoms with E-state index in [9.17, 15) is 4.79 Å². The molecule has 0 aromatic rings. The first-order valence-corrected chi connectivity index (χ1v) is 7.46. The Balaban J connectivity index is 1.94. The summed E-state index contributed by atoms with van der Waals surface area (Å²) in [5.74, 6) is -0.217. The zero-order chi connectivity index (χ0) is 13.9. The Kier molecular flexibility index (Phi) is 4.81. The van der Waals surface area contributed by atoms with Crippen molar-refractivity contribution in [3.63, 3.8) is 0 Å². The van der Waals surface area contributed by atoms with Gasteiger partial charge in [0.1, 0.15) is 0 Å². The summed E-state index contributed by atoms with van der Waals surface area (Å²) in [4.78, 5) is 14.1. The maximum Gasteiger partial charge on any atom is 0.237 e. The molecule has 0 spiro atoms. The first-order chi connectivity index (χ1) is 9.11. The summed E-state index contributed by atoms with van der Waals surface area (Å²) in [6, 6.07) is 0.439. The zero-order valence-corrected chi connectivity index (χ0v) is 12.2. The smallest absolute Gasteiger partial charge is 0.237 e. The molecule has 2 aliphatic rings. The van der Waals surface area contributed by atoms with E-state index in [0.29, 0.717) is 12.1 Å². The molecule has 1 heterocycles. The van der Waals surface area contributed by atoms with Crippen molar-refractivity contribution in [2.24, 2.45) is 5.73 Å². The lowest BCUT2D eigenvalue weighted by molar-refractivity contribution is -0.124. The first-order valence-electron chi connectivity index (χ1n) is 7.46. The molecule has 110 valence electrons. The molecular formula is C14H27N3O2. The Morgan fingerprint density at radius 1 is 1.53 bits per heavy atom. The maximum absolute atomic E-state index is 11.7. The van der Waals surface area contributed by atoms with Crippen LogP contribution in [0.2, 0.25) is 0 Å². The molecule has 1 amide bonds. The molecule has 1 saturated carbocycles. The monoisotopic (exact) mass is 269 g/mol.